The molecule has 2 aromatic rings. The van der Waals surface area contributed by atoms with E-state index in [4.69, 9.17) is 4.74 Å². The maximum Gasteiger partial charge on any atom is 0.261 e. The fourth-order valence-corrected chi connectivity index (χ4v) is 3.99. The number of benzene rings is 2. The van der Waals surface area contributed by atoms with E-state index in [1.54, 1.807) is 4.90 Å². The number of amides is 2. The molecule has 0 radical (unpaired) electrons. The normalized spacial score (nSPS) is 12.4. The minimum Gasteiger partial charge on any atom is -0.483 e. The second kappa shape index (κ2) is 11.7. The van der Waals surface area contributed by atoms with Crippen molar-refractivity contribution in [2.75, 3.05) is 6.61 Å². The Morgan fingerprint density at radius 3 is 2.24 bits per heavy atom. The van der Waals surface area contributed by atoms with Gasteiger partial charge in [0.2, 0.25) is 5.91 Å². The molecule has 1 N–H and O–H groups in total. The molecule has 0 aromatic heterocycles. The zero-order chi connectivity index (χ0) is 24.8. The summed E-state index contributed by atoms with van der Waals surface area (Å²) < 4.78 is 6.69. The highest BCUT2D eigenvalue weighted by Gasteiger charge is 2.29. The first-order valence-corrected chi connectivity index (χ1v) is 12.3. The second-order valence-electron chi connectivity index (χ2n) is 9.78. The van der Waals surface area contributed by atoms with Gasteiger partial charge in [0.25, 0.3) is 5.91 Å². The number of rotatable bonds is 9. The van der Waals surface area contributed by atoms with E-state index in [0.29, 0.717) is 18.7 Å². The van der Waals surface area contributed by atoms with Crippen LogP contribution in [0.2, 0.25) is 0 Å². The molecule has 0 saturated carbocycles. The summed E-state index contributed by atoms with van der Waals surface area (Å²) in [5, 5.41) is 2.95. The Balaban J connectivity index is 2.23. The molecule has 0 saturated heterocycles. The molecule has 6 heteroatoms. The van der Waals surface area contributed by atoms with Crippen molar-refractivity contribution in [1.82, 2.24) is 10.2 Å². The number of hydrogen-bond acceptors (Lipinski definition) is 3. The Morgan fingerprint density at radius 1 is 1.09 bits per heavy atom. The molecule has 0 bridgehead atoms. The standard InChI is InChI=1S/C27H37BrN2O3/c1-8-23(26(32)29-18(2)3)30(16-20-11-9-19(4)10-12-20)25(31)17-33-24-14-13-21(15-22(24)28)27(5,6)7/h9-15,18,23H,8,16-17H2,1-7H3,(H,29,32). The summed E-state index contributed by atoms with van der Waals surface area (Å²) in [5.74, 6) is 0.225. The third-order valence-electron chi connectivity index (χ3n) is 5.44. The molecule has 2 amide bonds. The van der Waals surface area contributed by atoms with E-state index in [9.17, 15) is 9.59 Å². The molecule has 1 atom stereocenters. The molecule has 5 nitrogen and oxygen atoms in total. The van der Waals surface area contributed by atoms with Gasteiger partial charge in [-0.25, -0.2) is 0 Å². The van der Waals surface area contributed by atoms with E-state index in [1.807, 2.05) is 70.2 Å². The van der Waals surface area contributed by atoms with Crippen LogP contribution in [0.1, 0.15) is 64.7 Å². The summed E-state index contributed by atoms with van der Waals surface area (Å²) in [6.07, 6.45) is 0.514. The van der Waals surface area contributed by atoms with Crippen LogP contribution in [0, 0.1) is 6.92 Å². The first kappa shape index (κ1) is 26.9. The highest BCUT2D eigenvalue weighted by Crippen LogP contribution is 2.31. The lowest BCUT2D eigenvalue weighted by Gasteiger charge is -2.31. The van der Waals surface area contributed by atoms with Crippen molar-refractivity contribution in [3.05, 3.63) is 63.6 Å². The zero-order valence-electron chi connectivity index (χ0n) is 20.9. The second-order valence-corrected chi connectivity index (χ2v) is 10.6. The Hall–Kier alpha value is -2.34. The third-order valence-corrected chi connectivity index (χ3v) is 6.06. The summed E-state index contributed by atoms with van der Waals surface area (Å²) >= 11 is 3.57. The topological polar surface area (TPSA) is 58.6 Å². The quantitative estimate of drug-likeness (QED) is 0.460. The Morgan fingerprint density at radius 2 is 1.73 bits per heavy atom. The van der Waals surface area contributed by atoms with Crippen LogP contribution < -0.4 is 10.1 Å². The molecule has 0 aliphatic carbocycles. The highest BCUT2D eigenvalue weighted by molar-refractivity contribution is 9.10. The van der Waals surface area contributed by atoms with Gasteiger partial charge in [-0.2, -0.15) is 0 Å². The van der Waals surface area contributed by atoms with Gasteiger partial charge in [-0.05, 0) is 71.8 Å². The number of halogens is 1. The van der Waals surface area contributed by atoms with E-state index >= 15 is 0 Å². The SMILES string of the molecule is CCC(C(=O)NC(C)C)N(Cc1ccc(C)cc1)C(=O)COc1ccc(C(C)(C)C)cc1Br. The summed E-state index contributed by atoms with van der Waals surface area (Å²) in [6, 6.07) is 13.3. The van der Waals surface area contributed by atoms with Gasteiger partial charge in [0.15, 0.2) is 6.61 Å². The highest BCUT2D eigenvalue weighted by atomic mass is 79.9. The van der Waals surface area contributed by atoms with E-state index < -0.39 is 6.04 Å². The van der Waals surface area contributed by atoms with Crippen LogP contribution in [0.25, 0.3) is 0 Å². The molecule has 0 aliphatic rings. The van der Waals surface area contributed by atoms with Crippen molar-refractivity contribution in [3.8, 4) is 5.75 Å². The van der Waals surface area contributed by atoms with Gasteiger partial charge in [0.05, 0.1) is 4.47 Å². The zero-order valence-corrected chi connectivity index (χ0v) is 22.5. The minimum atomic E-state index is -0.573. The van der Waals surface area contributed by atoms with Gasteiger partial charge in [-0.1, -0.05) is 63.6 Å². The number of carbonyl (C=O) groups is 2. The van der Waals surface area contributed by atoms with Crippen LogP contribution in [0.5, 0.6) is 5.75 Å². The van der Waals surface area contributed by atoms with Crippen LogP contribution in [0.4, 0.5) is 0 Å². The lowest BCUT2D eigenvalue weighted by Crippen LogP contribution is -2.51. The summed E-state index contributed by atoms with van der Waals surface area (Å²) in [6.45, 7) is 14.4. The number of carbonyl (C=O) groups excluding carboxylic acids is 2. The van der Waals surface area contributed by atoms with Crippen LogP contribution in [0.3, 0.4) is 0 Å². The molecular weight excluding hydrogens is 480 g/mol. The molecule has 0 aliphatic heterocycles. The molecule has 33 heavy (non-hydrogen) atoms. The Bertz CT molecular complexity index is 949. The largest absolute Gasteiger partial charge is 0.483 e. The van der Waals surface area contributed by atoms with E-state index in [0.717, 1.165) is 15.6 Å². The first-order valence-electron chi connectivity index (χ1n) is 11.5. The maximum absolute atomic E-state index is 13.3. The Labute approximate surface area is 207 Å². The van der Waals surface area contributed by atoms with E-state index in [1.165, 1.54) is 5.56 Å². The predicted octanol–water partition coefficient (Wildman–Crippen LogP) is 5.77. The number of aryl methyl sites for hydroxylation is 1. The summed E-state index contributed by atoms with van der Waals surface area (Å²) in [4.78, 5) is 27.8. The monoisotopic (exact) mass is 516 g/mol. The van der Waals surface area contributed by atoms with Crippen molar-refractivity contribution in [3.63, 3.8) is 0 Å². The van der Waals surface area contributed by atoms with Gasteiger partial charge >= 0.3 is 0 Å². The number of ether oxygens (including phenoxy) is 1. The van der Waals surface area contributed by atoms with Crippen molar-refractivity contribution in [2.24, 2.45) is 0 Å². The molecular formula is C27H37BrN2O3. The van der Waals surface area contributed by atoms with Crippen LogP contribution in [-0.2, 0) is 21.5 Å². The predicted molar refractivity (Wildman–Crippen MR) is 137 cm³/mol. The van der Waals surface area contributed by atoms with Crippen molar-refractivity contribution < 1.29 is 14.3 Å². The molecule has 1 unspecified atom stereocenters. The smallest absolute Gasteiger partial charge is 0.261 e. The fourth-order valence-electron chi connectivity index (χ4n) is 3.50. The molecule has 2 aromatic carbocycles. The van der Waals surface area contributed by atoms with Gasteiger partial charge in [-0.15, -0.1) is 0 Å². The Kier molecular flexibility index (Phi) is 9.53. The van der Waals surface area contributed by atoms with Gasteiger partial charge in [0, 0.05) is 12.6 Å². The number of nitrogens with zero attached hydrogens (tertiary/aromatic N) is 1. The van der Waals surface area contributed by atoms with Crippen molar-refractivity contribution in [1.29, 1.82) is 0 Å². The lowest BCUT2D eigenvalue weighted by molar-refractivity contribution is -0.143. The summed E-state index contributed by atoms with van der Waals surface area (Å²) in [5.41, 5.74) is 3.30. The molecule has 0 fully saturated rings. The number of hydrogen-bond donors (Lipinski definition) is 1. The molecule has 0 heterocycles. The average Bonchev–Trinajstić information content (AvgIpc) is 2.72. The maximum atomic E-state index is 13.3. The number of nitrogens with one attached hydrogen (secondary N) is 1. The van der Waals surface area contributed by atoms with Crippen LogP contribution >= 0.6 is 15.9 Å². The van der Waals surface area contributed by atoms with Gasteiger partial charge in [-0.3, -0.25) is 9.59 Å². The molecule has 2 rings (SSSR count). The van der Waals surface area contributed by atoms with Crippen molar-refractivity contribution >= 4 is 27.7 Å². The third kappa shape index (κ3) is 7.88. The first-order chi connectivity index (χ1) is 15.4. The lowest BCUT2D eigenvalue weighted by atomic mass is 9.87. The van der Waals surface area contributed by atoms with E-state index in [2.05, 4.69) is 42.0 Å². The molecule has 180 valence electrons. The van der Waals surface area contributed by atoms with Gasteiger partial charge in [0.1, 0.15) is 11.8 Å². The average molecular weight is 518 g/mol. The summed E-state index contributed by atoms with van der Waals surface area (Å²) in [7, 11) is 0. The minimum absolute atomic E-state index is 0.00332. The van der Waals surface area contributed by atoms with E-state index in [-0.39, 0.29) is 29.9 Å². The molecule has 0 spiro atoms. The van der Waals surface area contributed by atoms with Crippen LogP contribution in [0.15, 0.2) is 46.9 Å². The van der Waals surface area contributed by atoms with Crippen molar-refractivity contribution in [2.45, 2.75) is 78.9 Å². The van der Waals surface area contributed by atoms with Gasteiger partial charge < -0.3 is 15.0 Å². The fraction of sp³-hybridized carbons (Fsp3) is 0.481. The van der Waals surface area contributed by atoms with Crippen LogP contribution in [-0.4, -0.2) is 35.4 Å².